The second kappa shape index (κ2) is 6.73. The third-order valence-corrected chi connectivity index (χ3v) is 8.05. The summed E-state index contributed by atoms with van der Waals surface area (Å²) in [7, 11) is 0. The van der Waals surface area contributed by atoms with Gasteiger partial charge >= 0.3 is 5.97 Å². The number of ether oxygens (including phenoxy) is 1. The van der Waals surface area contributed by atoms with Crippen LogP contribution in [0.4, 0.5) is 5.00 Å². The van der Waals surface area contributed by atoms with Crippen molar-refractivity contribution < 1.29 is 14.3 Å². The van der Waals surface area contributed by atoms with Crippen LogP contribution >= 0.6 is 11.3 Å². The van der Waals surface area contributed by atoms with Gasteiger partial charge in [-0.3, -0.25) is 4.79 Å². The summed E-state index contributed by atoms with van der Waals surface area (Å²) >= 11 is 1.46. The largest absolute Gasteiger partial charge is 0.462 e. The number of hydrogen-bond acceptors (Lipinski definition) is 4. The fraction of sp³-hybridized carbons (Fsp3) is 0.478. The molecule has 28 heavy (non-hydrogen) atoms. The molecule has 1 aromatic heterocycles. The lowest BCUT2D eigenvalue weighted by Crippen LogP contribution is -2.37. The van der Waals surface area contributed by atoms with Crippen molar-refractivity contribution in [3.05, 3.63) is 42.0 Å². The molecule has 1 amide bonds. The van der Waals surface area contributed by atoms with E-state index in [4.69, 9.17) is 4.74 Å². The van der Waals surface area contributed by atoms with E-state index in [1.807, 2.05) is 36.4 Å². The van der Waals surface area contributed by atoms with Crippen molar-refractivity contribution in [1.29, 1.82) is 0 Å². The highest BCUT2D eigenvalue weighted by Gasteiger charge is 2.61. The zero-order valence-electron chi connectivity index (χ0n) is 16.1. The van der Waals surface area contributed by atoms with Crippen LogP contribution in [0.3, 0.4) is 0 Å². The third-order valence-electron chi connectivity index (χ3n) is 6.95. The van der Waals surface area contributed by atoms with Gasteiger partial charge in [-0.15, -0.1) is 11.3 Å². The lowest BCUT2D eigenvalue weighted by Gasteiger charge is -2.31. The molecule has 4 nitrogen and oxygen atoms in total. The molecule has 4 aliphatic carbocycles. The minimum Gasteiger partial charge on any atom is -0.462 e. The van der Waals surface area contributed by atoms with Gasteiger partial charge in [0.25, 0.3) is 0 Å². The molecule has 5 heteroatoms. The first-order valence-electron chi connectivity index (χ1n) is 10.3. The van der Waals surface area contributed by atoms with Gasteiger partial charge in [-0.1, -0.05) is 30.3 Å². The highest BCUT2D eigenvalue weighted by molar-refractivity contribution is 7.20. The number of carbonyl (C=O) groups excluding carboxylic acids is 2. The molecule has 146 valence electrons. The monoisotopic (exact) mass is 395 g/mol. The van der Waals surface area contributed by atoms with Crippen LogP contribution in [-0.4, -0.2) is 18.5 Å². The van der Waals surface area contributed by atoms with Crippen molar-refractivity contribution in [2.75, 3.05) is 11.9 Å². The molecule has 4 bridgehead atoms. The van der Waals surface area contributed by atoms with E-state index in [-0.39, 0.29) is 17.3 Å². The van der Waals surface area contributed by atoms with Gasteiger partial charge in [0.05, 0.1) is 17.6 Å². The number of esters is 1. The Balaban J connectivity index is 1.46. The van der Waals surface area contributed by atoms with Gasteiger partial charge in [0, 0.05) is 4.88 Å². The van der Waals surface area contributed by atoms with Crippen LogP contribution in [0.15, 0.2) is 36.4 Å². The molecule has 2 aromatic rings. The highest BCUT2D eigenvalue weighted by Crippen LogP contribution is 2.65. The standard InChI is InChI=1S/C23H25NO3S/c1-2-27-21(25)18-11-19(16-6-4-3-5-7-16)28-20(18)24-22(26)23-12-14-8-15(13-23)10-17(23)9-14/h3-7,11,14-15,17H,2,8-10,12-13H2,1H3,(H,24,26)/t14-,15?,17?,23?/m1/s1. The summed E-state index contributed by atoms with van der Waals surface area (Å²) in [4.78, 5) is 26.9. The molecule has 1 heterocycles. The van der Waals surface area contributed by atoms with Crippen LogP contribution in [0.1, 0.15) is 49.4 Å². The maximum absolute atomic E-state index is 13.4. The van der Waals surface area contributed by atoms with Crippen molar-refractivity contribution in [2.24, 2.45) is 23.2 Å². The fourth-order valence-corrected chi connectivity index (χ4v) is 7.03. The van der Waals surface area contributed by atoms with E-state index in [0.29, 0.717) is 23.1 Å². The summed E-state index contributed by atoms with van der Waals surface area (Å²) in [5.74, 6) is 1.71. The first kappa shape index (κ1) is 17.9. The lowest BCUT2D eigenvalue weighted by molar-refractivity contribution is -0.127. The van der Waals surface area contributed by atoms with Gasteiger partial charge in [-0.25, -0.2) is 4.79 Å². The molecule has 6 rings (SSSR count). The number of anilines is 1. The smallest absolute Gasteiger partial charge is 0.341 e. The SMILES string of the molecule is CCOC(=O)c1cc(-c2ccccc2)sc1NC(=O)C12CC3CC1C[C@@H](C3)C2. The molecule has 0 saturated heterocycles. The van der Waals surface area contributed by atoms with Crippen molar-refractivity contribution in [3.63, 3.8) is 0 Å². The summed E-state index contributed by atoms with van der Waals surface area (Å²) in [6, 6.07) is 11.8. The van der Waals surface area contributed by atoms with Gasteiger partial charge in [0.2, 0.25) is 5.91 Å². The van der Waals surface area contributed by atoms with Crippen LogP contribution in [-0.2, 0) is 9.53 Å². The Morgan fingerprint density at radius 2 is 1.86 bits per heavy atom. The van der Waals surface area contributed by atoms with E-state index < -0.39 is 0 Å². The zero-order valence-corrected chi connectivity index (χ0v) is 16.9. The summed E-state index contributed by atoms with van der Waals surface area (Å²) in [6.07, 6.45) is 5.75. The Bertz CT molecular complexity index is 905. The molecule has 4 saturated carbocycles. The molecular weight excluding hydrogens is 370 g/mol. The second-order valence-corrected chi connectivity index (χ2v) is 9.65. The van der Waals surface area contributed by atoms with Gasteiger partial charge in [-0.05, 0) is 68.4 Å². The lowest BCUT2D eigenvalue weighted by atomic mass is 9.75. The zero-order chi connectivity index (χ0) is 19.3. The quantitative estimate of drug-likeness (QED) is 0.694. The Morgan fingerprint density at radius 3 is 2.54 bits per heavy atom. The minimum atomic E-state index is -0.369. The van der Waals surface area contributed by atoms with Crippen molar-refractivity contribution in [2.45, 2.75) is 39.0 Å². The third kappa shape index (κ3) is 2.79. The number of thiophene rings is 1. The van der Waals surface area contributed by atoms with Gasteiger partial charge in [0.1, 0.15) is 5.00 Å². The van der Waals surface area contributed by atoms with Crippen molar-refractivity contribution in [1.82, 2.24) is 0 Å². The average molecular weight is 396 g/mol. The number of benzene rings is 1. The van der Waals surface area contributed by atoms with E-state index in [1.54, 1.807) is 6.92 Å². The summed E-state index contributed by atoms with van der Waals surface area (Å²) < 4.78 is 5.25. The molecule has 4 aliphatic rings. The van der Waals surface area contributed by atoms with Crippen LogP contribution in [0.2, 0.25) is 0 Å². The Labute approximate surface area is 169 Å². The predicted octanol–water partition coefficient (Wildman–Crippen LogP) is 5.36. The predicted molar refractivity (Wildman–Crippen MR) is 110 cm³/mol. The molecule has 4 atom stereocenters. The van der Waals surface area contributed by atoms with Gasteiger partial charge in [-0.2, -0.15) is 0 Å². The summed E-state index contributed by atoms with van der Waals surface area (Å²) in [6.45, 7) is 2.12. The first-order chi connectivity index (χ1) is 13.6. The molecule has 0 aliphatic heterocycles. The number of amides is 1. The van der Waals surface area contributed by atoms with Crippen molar-refractivity contribution in [3.8, 4) is 10.4 Å². The molecule has 0 spiro atoms. The summed E-state index contributed by atoms with van der Waals surface area (Å²) in [5.41, 5.74) is 1.29. The van der Waals surface area contributed by atoms with Gasteiger partial charge < -0.3 is 10.1 Å². The Morgan fingerprint density at radius 1 is 1.14 bits per heavy atom. The molecule has 1 aromatic carbocycles. The van der Waals surface area contributed by atoms with E-state index in [9.17, 15) is 9.59 Å². The highest BCUT2D eigenvalue weighted by atomic mass is 32.1. The van der Waals surface area contributed by atoms with Gasteiger partial charge in [0.15, 0.2) is 0 Å². The molecule has 1 N–H and O–H groups in total. The summed E-state index contributed by atoms with van der Waals surface area (Å²) in [5, 5.41) is 3.79. The van der Waals surface area contributed by atoms with E-state index in [1.165, 1.54) is 30.6 Å². The average Bonchev–Trinajstić information content (AvgIpc) is 3.30. The van der Waals surface area contributed by atoms with Crippen LogP contribution in [0.25, 0.3) is 10.4 Å². The number of carbonyl (C=O) groups is 2. The Hall–Kier alpha value is -2.14. The fourth-order valence-electron chi connectivity index (χ4n) is 5.98. The second-order valence-electron chi connectivity index (χ2n) is 8.59. The maximum atomic E-state index is 13.4. The van der Waals surface area contributed by atoms with Crippen LogP contribution in [0.5, 0.6) is 0 Å². The normalized spacial score (nSPS) is 29.8. The van der Waals surface area contributed by atoms with Crippen molar-refractivity contribution >= 4 is 28.2 Å². The molecular formula is C23H25NO3S. The molecule has 0 radical (unpaired) electrons. The van der Waals surface area contributed by atoms with Crippen LogP contribution in [0, 0.1) is 23.2 Å². The van der Waals surface area contributed by atoms with E-state index in [2.05, 4.69) is 5.32 Å². The molecule has 4 fully saturated rings. The van der Waals surface area contributed by atoms with E-state index >= 15 is 0 Å². The number of rotatable bonds is 5. The first-order valence-corrected chi connectivity index (χ1v) is 11.1. The Kier molecular flexibility index (Phi) is 4.31. The topological polar surface area (TPSA) is 55.4 Å². The molecule has 3 unspecified atom stereocenters. The van der Waals surface area contributed by atoms with Crippen LogP contribution < -0.4 is 5.32 Å². The minimum absolute atomic E-state index is 0.120. The maximum Gasteiger partial charge on any atom is 0.341 e. The van der Waals surface area contributed by atoms with E-state index in [0.717, 1.165) is 35.1 Å². The number of nitrogens with one attached hydrogen (secondary N) is 1. The number of hydrogen-bond donors (Lipinski definition) is 1.